The summed E-state index contributed by atoms with van der Waals surface area (Å²) < 4.78 is 18.2. The van der Waals surface area contributed by atoms with Gasteiger partial charge in [0.25, 0.3) is 0 Å². The molecule has 0 fully saturated rings. The first-order valence-electron chi connectivity index (χ1n) is 10.0. The number of aliphatic carboxylic acids is 1. The lowest BCUT2D eigenvalue weighted by Gasteiger charge is -2.13. The molecule has 0 aliphatic carbocycles. The van der Waals surface area contributed by atoms with Crippen molar-refractivity contribution < 1.29 is 67.3 Å². The summed E-state index contributed by atoms with van der Waals surface area (Å²) in [5, 5.41) is 25.8. The van der Waals surface area contributed by atoms with Gasteiger partial charge in [0.1, 0.15) is 31.8 Å². The van der Waals surface area contributed by atoms with Gasteiger partial charge in [0, 0.05) is 10.2 Å². The minimum Gasteiger partial charge on any atom is -0.479 e. The van der Waals surface area contributed by atoms with Gasteiger partial charge in [-0.15, -0.1) is 0 Å². The lowest BCUT2D eigenvalue weighted by atomic mass is 10.2. The first-order chi connectivity index (χ1) is 16.2. The summed E-state index contributed by atoms with van der Waals surface area (Å²) in [7, 11) is 0. The second-order valence-corrected chi connectivity index (χ2v) is 6.47. The normalized spacial score (nSPS) is 12.7. The number of carboxylic acids is 1. The Kier molecular flexibility index (Phi) is 17.6. The van der Waals surface area contributed by atoms with Crippen molar-refractivity contribution in [3.63, 3.8) is 0 Å². The average molecular weight is 507 g/mol. The summed E-state index contributed by atoms with van der Waals surface area (Å²) in [4.78, 5) is 65.8. The molecule has 13 nitrogen and oxygen atoms in total. The van der Waals surface area contributed by atoms with Gasteiger partial charge in [0.2, 0.25) is 0 Å². The van der Waals surface area contributed by atoms with Crippen LogP contribution in [0, 0.1) is 23.7 Å². The topological polar surface area (TPSA) is 200 Å². The van der Waals surface area contributed by atoms with E-state index in [0.717, 1.165) is 0 Å². The largest absolute Gasteiger partial charge is 0.479 e. The highest BCUT2D eigenvalue weighted by molar-refractivity contribution is 5.98. The van der Waals surface area contributed by atoms with Gasteiger partial charge in [-0.25, -0.2) is 19.2 Å². The van der Waals surface area contributed by atoms with E-state index in [0.29, 0.717) is 0 Å². The number of carbonyl (C=O) groups excluding carboxylic acids is 5. The van der Waals surface area contributed by atoms with E-state index in [2.05, 4.69) is 42.6 Å². The number of carboxylic acid groups (broad SMARTS) is 1. The minimum atomic E-state index is -1.37. The molecule has 0 saturated carbocycles. The maximum Gasteiger partial charge on any atom is 0.385 e. The van der Waals surface area contributed by atoms with E-state index in [1.165, 1.54) is 27.7 Å². The van der Waals surface area contributed by atoms with Crippen molar-refractivity contribution in [2.75, 3.05) is 13.2 Å². The van der Waals surface area contributed by atoms with Crippen molar-refractivity contribution in [3.05, 3.63) is 0 Å². The Morgan fingerprint density at radius 2 is 1.29 bits per heavy atom. The Morgan fingerprint density at radius 1 is 0.800 bits per heavy atom. The number of ketones is 1. The van der Waals surface area contributed by atoms with Gasteiger partial charge < -0.3 is 34.3 Å². The predicted molar refractivity (Wildman–Crippen MR) is 121 cm³/mol. The van der Waals surface area contributed by atoms with Crippen LogP contribution in [-0.4, -0.2) is 88.6 Å². The molecule has 13 heteroatoms. The molecule has 0 bridgehead atoms. The van der Waals surface area contributed by atoms with E-state index < -0.39 is 66.5 Å². The zero-order valence-electron chi connectivity index (χ0n) is 19.9. The zero-order valence-corrected chi connectivity index (χ0v) is 19.9. The molecule has 3 N–H and O–H groups in total. The molecular weight excluding hydrogens is 472 g/mol. The Bertz CT molecular complexity index is 896. The third-order valence-corrected chi connectivity index (χ3v) is 3.32. The van der Waals surface area contributed by atoms with Crippen LogP contribution in [0.3, 0.4) is 0 Å². The van der Waals surface area contributed by atoms with E-state index in [-0.39, 0.29) is 17.5 Å². The van der Waals surface area contributed by atoms with E-state index in [1.54, 1.807) is 6.92 Å². The third-order valence-electron chi connectivity index (χ3n) is 3.32. The fourth-order valence-electron chi connectivity index (χ4n) is 1.47. The highest BCUT2D eigenvalue weighted by atomic mass is 16.6. The Balaban J connectivity index is -0.000000221. The van der Waals surface area contributed by atoms with E-state index in [9.17, 15) is 28.8 Å². The van der Waals surface area contributed by atoms with Crippen LogP contribution in [0.25, 0.3) is 0 Å². The number of aliphatic hydroxyl groups is 2. The summed E-state index contributed by atoms with van der Waals surface area (Å²) in [6.45, 7) is 5.97. The SMILES string of the molecule is CC#CC#CC(=O)OCCOC(=O)CC(=O)C(C)OC(=O)C(C)O.CC(O)C(=O)OC(C)C(=O)O.[HH].[HH].[HH]. The predicted octanol–water partition coefficient (Wildman–Crippen LogP) is -0.507. The molecule has 0 heterocycles. The van der Waals surface area contributed by atoms with E-state index in [1.807, 2.05) is 0 Å². The Morgan fingerprint density at radius 3 is 1.74 bits per heavy atom. The standard InChI is InChI=1S/C16H18O8.C6H10O5.3H2/c1-4-5-6-7-14(19)22-8-9-23-15(20)10-13(18)12(3)24-16(21)11(2)17;1-3(7)6(10)11-4(2)5(8)9;;;/h11-12,17H,8-10H2,1-3H3;3-4,7H,1-2H3,(H,8,9);3*1H. The maximum absolute atomic E-state index is 11.6. The summed E-state index contributed by atoms with van der Waals surface area (Å²) >= 11 is 0. The van der Waals surface area contributed by atoms with Gasteiger partial charge in [0.15, 0.2) is 18.0 Å². The molecule has 0 rings (SSSR count). The molecule has 4 atom stereocenters. The number of hydrogen-bond acceptors (Lipinski definition) is 12. The number of hydrogen-bond donors (Lipinski definition) is 3. The molecule has 0 amide bonds. The van der Waals surface area contributed by atoms with E-state index in [4.69, 9.17) is 15.3 Å². The van der Waals surface area contributed by atoms with Crippen molar-refractivity contribution in [1.29, 1.82) is 0 Å². The zero-order chi connectivity index (χ0) is 27.6. The summed E-state index contributed by atoms with van der Waals surface area (Å²) in [6.07, 6.45) is -5.66. The quantitative estimate of drug-likeness (QED) is 0.0809. The van der Waals surface area contributed by atoms with Crippen molar-refractivity contribution >= 4 is 35.6 Å². The average Bonchev–Trinajstić information content (AvgIpc) is 2.76. The molecule has 0 radical (unpaired) electrons. The van der Waals surface area contributed by atoms with Crippen LogP contribution >= 0.6 is 0 Å². The van der Waals surface area contributed by atoms with Crippen LogP contribution in [0.2, 0.25) is 0 Å². The monoisotopic (exact) mass is 506 g/mol. The maximum atomic E-state index is 11.6. The number of carbonyl (C=O) groups is 6. The molecule has 0 aromatic rings. The van der Waals surface area contributed by atoms with Crippen LogP contribution < -0.4 is 0 Å². The van der Waals surface area contributed by atoms with Crippen molar-refractivity contribution in [3.8, 4) is 23.7 Å². The number of esters is 4. The second-order valence-electron chi connectivity index (χ2n) is 6.47. The third kappa shape index (κ3) is 18.2. The van der Waals surface area contributed by atoms with Crippen LogP contribution in [0.5, 0.6) is 0 Å². The Hall–Kier alpha value is -3.94. The van der Waals surface area contributed by atoms with Crippen LogP contribution in [0.4, 0.5) is 0 Å². The minimum absolute atomic E-state index is 0. The molecule has 35 heavy (non-hydrogen) atoms. The van der Waals surface area contributed by atoms with Gasteiger partial charge in [-0.05, 0) is 46.5 Å². The molecule has 0 saturated heterocycles. The first-order valence-corrected chi connectivity index (χ1v) is 10.0. The summed E-state index contributed by atoms with van der Waals surface area (Å²) in [5.74, 6) is 3.67. The highest BCUT2D eigenvalue weighted by Gasteiger charge is 2.23. The smallest absolute Gasteiger partial charge is 0.385 e. The van der Waals surface area contributed by atoms with Gasteiger partial charge >= 0.3 is 29.8 Å². The first kappa shape index (κ1) is 33.2. The molecule has 200 valence electrons. The van der Waals surface area contributed by atoms with Crippen molar-refractivity contribution in [1.82, 2.24) is 0 Å². The Labute approximate surface area is 206 Å². The van der Waals surface area contributed by atoms with Crippen LogP contribution in [-0.2, 0) is 47.7 Å². The van der Waals surface area contributed by atoms with Gasteiger partial charge in [-0.2, -0.15) is 0 Å². The molecule has 0 spiro atoms. The molecule has 0 aromatic carbocycles. The fraction of sp³-hybridized carbons (Fsp3) is 0.545. The number of ether oxygens (including phenoxy) is 4. The van der Waals surface area contributed by atoms with Crippen LogP contribution in [0.1, 0.15) is 45.3 Å². The molecule has 0 aliphatic heterocycles. The number of aliphatic hydroxyl groups excluding tert-OH is 2. The molecular formula is C22H34O13. The highest BCUT2D eigenvalue weighted by Crippen LogP contribution is 2.01. The molecule has 0 aliphatic rings. The number of Topliss-reactive ketones (excluding diaryl/α,β-unsaturated/α-hetero) is 1. The second kappa shape index (κ2) is 18.5. The van der Waals surface area contributed by atoms with Crippen molar-refractivity contribution in [2.45, 2.75) is 65.5 Å². The summed E-state index contributed by atoms with van der Waals surface area (Å²) in [5.41, 5.74) is 0. The lowest BCUT2D eigenvalue weighted by Crippen LogP contribution is -2.31. The number of rotatable bonds is 11. The van der Waals surface area contributed by atoms with Crippen molar-refractivity contribution in [2.24, 2.45) is 0 Å². The molecule has 0 aromatic heterocycles. The summed E-state index contributed by atoms with van der Waals surface area (Å²) in [6, 6.07) is 0. The van der Waals surface area contributed by atoms with Gasteiger partial charge in [-0.3, -0.25) is 9.59 Å². The lowest BCUT2D eigenvalue weighted by molar-refractivity contribution is -0.168. The fourth-order valence-corrected chi connectivity index (χ4v) is 1.47. The van der Waals surface area contributed by atoms with E-state index >= 15 is 0 Å². The van der Waals surface area contributed by atoms with Gasteiger partial charge in [0.05, 0.1) is 0 Å². The van der Waals surface area contributed by atoms with Gasteiger partial charge in [-0.1, -0.05) is 5.92 Å². The van der Waals surface area contributed by atoms with Crippen LogP contribution in [0.15, 0.2) is 0 Å². The molecule has 4 unspecified atom stereocenters.